The topological polar surface area (TPSA) is 63.3 Å². The maximum absolute atomic E-state index is 12.8. The van der Waals surface area contributed by atoms with E-state index in [0.717, 1.165) is 38.0 Å². The fraction of sp³-hybridized carbons (Fsp3) is 0.638. The second-order valence-corrected chi connectivity index (χ2v) is 17.3. The molecular weight excluding hydrogens is 611 g/mol. The van der Waals surface area contributed by atoms with E-state index in [1.165, 1.54) is 107 Å². The van der Waals surface area contributed by atoms with Crippen LogP contribution in [-0.2, 0) is 16.6 Å². The number of rotatable bonds is 16. The highest BCUT2D eigenvalue weighted by molar-refractivity contribution is 5.67. The molecule has 6 rings (SSSR count). The maximum Gasteiger partial charge on any atom is 0.303 e. The number of carboxylic acid groups (broad SMARTS) is 1. The van der Waals surface area contributed by atoms with Crippen LogP contribution < -0.4 is 5.73 Å². The van der Waals surface area contributed by atoms with Gasteiger partial charge in [-0.2, -0.15) is 0 Å². The Morgan fingerprint density at radius 3 is 2.26 bits per heavy atom. The summed E-state index contributed by atoms with van der Waals surface area (Å²) in [5, 5.41) is 10.5. The fourth-order valence-electron chi connectivity index (χ4n) is 11.7. The number of hydrogen-bond acceptors (Lipinski definition) is 2. The van der Waals surface area contributed by atoms with Crippen molar-refractivity contribution in [3.63, 3.8) is 0 Å². The first-order valence-corrected chi connectivity index (χ1v) is 20.8. The van der Waals surface area contributed by atoms with Crippen molar-refractivity contribution in [2.24, 2.45) is 46.7 Å². The lowest BCUT2D eigenvalue weighted by Gasteiger charge is -2.55. The predicted molar refractivity (Wildman–Crippen MR) is 209 cm³/mol. The van der Waals surface area contributed by atoms with Gasteiger partial charge in [0.1, 0.15) is 0 Å². The number of carboxylic acids is 1. The van der Waals surface area contributed by atoms with Crippen molar-refractivity contribution in [3.8, 4) is 0 Å². The van der Waals surface area contributed by atoms with E-state index in [-0.39, 0.29) is 23.7 Å². The van der Waals surface area contributed by atoms with Gasteiger partial charge in [0.15, 0.2) is 0 Å². The van der Waals surface area contributed by atoms with Gasteiger partial charge in [0, 0.05) is 11.8 Å². The van der Waals surface area contributed by atoms with Crippen LogP contribution in [0.1, 0.15) is 140 Å². The Kier molecular flexibility index (Phi) is 13.5. The first kappa shape index (κ1) is 37.1. The standard InChI is InChI=1S/C47H67NO2/c48-33-28-42-40(34-39(25-24-38-19-8-2-9-20-38)21-10-3-7-18-37-16-5-1-6-17-37)26-27-44(43(42)35-45(49)50)47(41-22-11-4-12-23-41)32-15-31-46(36-47)29-13-14-30-46/h2-4,8-12,19-20,22-23,26-27,37,39-40,42-44H,1,5-7,13-18,21,24-25,28-36,48H2,(H,49,50)/t39-,40+,42-,43+,44+,47-/m0/s1. The average molecular weight is 678 g/mol. The maximum atomic E-state index is 12.8. The molecule has 3 nitrogen and oxygen atoms in total. The smallest absolute Gasteiger partial charge is 0.303 e. The highest BCUT2D eigenvalue weighted by atomic mass is 16.4. The predicted octanol–water partition coefficient (Wildman–Crippen LogP) is 11.9. The lowest BCUT2D eigenvalue weighted by atomic mass is 9.49. The summed E-state index contributed by atoms with van der Waals surface area (Å²) in [5.74, 6) is 1.84. The number of hydrogen-bond donors (Lipinski definition) is 2. The first-order valence-electron chi connectivity index (χ1n) is 20.8. The monoisotopic (exact) mass is 678 g/mol. The molecule has 0 radical (unpaired) electrons. The number of allylic oxidation sites excluding steroid dienone is 4. The van der Waals surface area contributed by atoms with Gasteiger partial charge >= 0.3 is 5.97 Å². The van der Waals surface area contributed by atoms with Crippen molar-refractivity contribution < 1.29 is 9.90 Å². The van der Waals surface area contributed by atoms with E-state index in [0.29, 0.717) is 29.7 Å². The molecule has 4 aliphatic rings. The van der Waals surface area contributed by atoms with Crippen molar-refractivity contribution in [2.45, 2.75) is 140 Å². The van der Waals surface area contributed by atoms with E-state index in [4.69, 9.17) is 5.73 Å². The molecule has 2 aromatic rings. The Bertz CT molecular complexity index is 1350. The van der Waals surface area contributed by atoms with Gasteiger partial charge in [-0.05, 0) is 136 Å². The summed E-state index contributed by atoms with van der Waals surface area (Å²) < 4.78 is 0. The molecule has 3 fully saturated rings. The van der Waals surface area contributed by atoms with Crippen LogP contribution in [0, 0.1) is 40.9 Å². The van der Waals surface area contributed by atoms with Gasteiger partial charge in [0.05, 0.1) is 0 Å². The minimum absolute atomic E-state index is 0.00787. The minimum Gasteiger partial charge on any atom is -0.481 e. The molecule has 3 saturated carbocycles. The SMILES string of the molecule is NCC[C@@H]1[C@@H](CC(=O)O)[C@H]([C@@]2(c3ccccc3)CCCC3(CCCC3)C2)C=C[C@@H]1C[C@@H](CC=CCCC1CCCCC1)CCc1ccccc1. The molecule has 0 amide bonds. The highest BCUT2D eigenvalue weighted by Crippen LogP contribution is 2.61. The molecule has 0 bridgehead atoms. The summed E-state index contributed by atoms with van der Waals surface area (Å²) in [6, 6.07) is 22.3. The molecule has 0 aromatic heterocycles. The van der Waals surface area contributed by atoms with Gasteiger partial charge in [-0.15, -0.1) is 0 Å². The van der Waals surface area contributed by atoms with Crippen LogP contribution in [0.2, 0.25) is 0 Å². The molecule has 272 valence electrons. The lowest BCUT2D eigenvalue weighted by Crippen LogP contribution is -2.49. The van der Waals surface area contributed by atoms with E-state index >= 15 is 0 Å². The van der Waals surface area contributed by atoms with Crippen LogP contribution in [0.5, 0.6) is 0 Å². The zero-order valence-electron chi connectivity index (χ0n) is 31.0. The number of aryl methyl sites for hydroxylation is 1. The van der Waals surface area contributed by atoms with Crippen LogP contribution in [-0.4, -0.2) is 17.6 Å². The van der Waals surface area contributed by atoms with Crippen LogP contribution in [0.15, 0.2) is 85.0 Å². The molecule has 2 aromatic carbocycles. The molecule has 4 aliphatic carbocycles. The summed E-state index contributed by atoms with van der Waals surface area (Å²) >= 11 is 0. The van der Waals surface area contributed by atoms with Crippen LogP contribution >= 0.6 is 0 Å². The second-order valence-electron chi connectivity index (χ2n) is 17.3. The van der Waals surface area contributed by atoms with Gasteiger partial charge in [-0.25, -0.2) is 0 Å². The van der Waals surface area contributed by atoms with E-state index in [9.17, 15) is 9.90 Å². The van der Waals surface area contributed by atoms with E-state index in [2.05, 4.69) is 85.0 Å². The number of aliphatic carboxylic acids is 1. The third kappa shape index (κ3) is 9.41. The molecule has 1 spiro atoms. The largest absolute Gasteiger partial charge is 0.481 e. The number of nitrogens with two attached hydrogens (primary N) is 1. The summed E-state index contributed by atoms with van der Waals surface area (Å²) in [6.07, 6.45) is 35.8. The lowest BCUT2D eigenvalue weighted by molar-refractivity contribution is -0.139. The molecule has 0 aliphatic heterocycles. The molecule has 0 heterocycles. The molecule has 3 N–H and O–H groups in total. The summed E-state index contributed by atoms with van der Waals surface area (Å²) in [6.45, 7) is 0.621. The van der Waals surface area contributed by atoms with Crippen molar-refractivity contribution in [1.29, 1.82) is 0 Å². The minimum atomic E-state index is -0.646. The van der Waals surface area contributed by atoms with Crippen LogP contribution in [0.25, 0.3) is 0 Å². The van der Waals surface area contributed by atoms with Crippen molar-refractivity contribution in [3.05, 3.63) is 96.1 Å². The van der Waals surface area contributed by atoms with Crippen molar-refractivity contribution in [2.75, 3.05) is 6.54 Å². The molecule has 0 unspecified atom stereocenters. The molecular formula is C47H67NO2. The first-order chi connectivity index (χ1) is 24.5. The number of carbonyl (C=O) groups is 1. The van der Waals surface area contributed by atoms with Crippen molar-refractivity contribution in [1.82, 2.24) is 0 Å². The molecule has 6 atom stereocenters. The molecule has 50 heavy (non-hydrogen) atoms. The van der Waals surface area contributed by atoms with Crippen molar-refractivity contribution >= 4 is 5.97 Å². The number of benzene rings is 2. The van der Waals surface area contributed by atoms with E-state index in [1.54, 1.807) is 0 Å². The Balaban J connectivity index is 1.26. The van der Waals surface area contributed by atoms with E-state index < -0.39 is 5.97 Å². The van der Waals surface area contributed by atoms with Gasteiger partial charge in [-0.1, -0.05) is 136 Å². The zero-order valence-corrected chi connectivity index (χ0v) is 31.0. The molecule has 0 saturated heterocycles. The Labute approximate surface area is 304 Å². The summed E-state index contributed by atoms with van der Waals surface area (Å²) in [7, 11) is 0. The van der Waals surface area contributed by atoms with Gasteiger partial charge in [0.2, 0.25) is 0 Å². The molecule has 3 heteroatoms. The van der Waals surface area contributed by atoms with Gasteiger partial charge in [0.25, 0.3) is 0 Å². The summed E-state index contributed by atoms with van der Waals surface area (Å²) in [5.41, 5.74) is 9.71. The van der Waals surface area contributed by atoms with E-state index in [1.807, 2.05) is 0 Å². The Morgan fingerprint density at radius 1 is 0.820 bits per heavy atom. The normalized spacial score (nSPS) is 29.1. The zero-order chi connectivity index (χ0) is 34.7. The fourth-order valence-corrected chi connectivity index (χ4v) is 11.7. The van der Waals surface area contributed by atoms with Crippen LogP contribution in [0.4, 0.5) is 0 Å². The van der Waals surface area contributed by atoms with Crippen LogP contribution in [0.3, 0.4) is 0 Å². The third-order valence-corrected chi connectivity index (χ3v) is 14.1. The third-order valence-electron chi connectivity index (χ3n) is 14.1. The Morgan fingerprint density at radius 2 is 1.54 bits per heavy atom. The quantitative estimate of drug-likeness (QED) is 0.174. The summed E-state index contributed by atoms with van der Waals surface area (Å²) in [4.78, 5) is 12.8. The highest BCUT2D eigenvalue weighted by Gasteiger charge is 2.54. The van der Waals surface area contributed by atoms with Gasteiger partial charge < -0.3 is 10.8 Å². The Hall–Kier alpha value is -2.65. The second kappa shape index (κ2) is 18.2. The average Bonchev–Trinajstić information content (AvgIpc) is 3.59. The van der Waals surface area contributed by atoms with Gasteiger partial charge in [-0.3, -0.25) is 4.79 Å².